The largest absolute Gasteiger partial charge is 0.481 e. The Balaban J connectivity index is 2.11. The third-order valence-corrected chi connectivity index (χ3v) is 2.86. The Kier molecular flexibility index (Phi) is 2.68. The summed E-state index contributed by atoms with van der Waals surface area (Å²) in [5.41, 5.74) is 0.945. The van der Waals surface area contributed by atoms with Crippen LogP contribution in [0.4, 0.5) is 0 Å². The lowest BCUT2D eigenvalue weighted by Crippen LogP contribution is -2.35. The molecule has 1 saturated heterocycles. The van der Waals surface area contributed by atoms with Crippen molar-refractivity contribution in [3.05, 3.63) is 11.9 Å². The van der Waals surface area contributed by atoms with E-state index in [1.54, 1.807) is 10.9 Å². The number of hydrogen-bond acceptors (Lipinski definition) is 4. The van der Waals surface area contributed by atoms with Crippen molar-refractivity contribution in [3.8, 4) is 0 Å². The van der Waals surface area contributed by atoms with Crippen molar-refractivity contribution < 1.29 is 9.90 Å². The molecule has 2 N–H and O–H groups in total. The minimum atomic E-state index is -0.711. The molecule has 0 amide bonds. The van der Waals surface area contributed by atoms with E-state index in [2.05, 4.69) is 15.6 Å². The lowest BCUT2D eigenvalue weighted by Gasteiger charge is -2.27. The molecule has 0 aliphatic carbocycles. The Bertz CT molecular complexity index is 363. The topological polar surface area (TPSA) is 80.0 Å². The fourth-order valence-corrected chi connectivity index (χ4v) is 1.98. The second kappa shape index (κ2) is 3.98. The average Bonchev–Trinajstić information content (AvgIpc) is 2.64. The van der Waals surface area contributed by atoms with Gasteiger partial charge in [-0.15, -0.1) is 5.10 Å². The second-order valence-electron chi connectivity index (χ2n) is 3.85. The van der Waals surface area contributed by atoms with Gasteiger partial charge in [-0.1, -0.05) is 5.21 Å². The molecule has 1 aromatic heterocycles. The standard InChI is InChI=1S/C9H14N4O2/c1-13-8(5-11-12-13)7-4-6(9(14)15)2-3-10-7/h5-7,10H,2-4H2,1H3,(H,14,15). The first-order chi connectivity index (χ1) is 7.18. The number of carboxylic acids is 1. The molecule has 1 aliphatic rings. The van der Waals surface area contributed by atoms with E-state index in [0.717, 1.165) is 12.2 Å². The Morgan fingerprint density at radius 2 is 2.53 bits per heavy atom. The molecule has 1 fully saturated rings. The van der Waals surface area contributed by atoms with Gasteiger partial charge in [-0.2, -0.15) is 0 Å². The Hall–Kier alpha value is -1.43. The highest BCUT2D eigenvalue weighted by atomic mass is 16.4. The lowest BCUT2D eigenvalue weighted by atomic mass is 9.91. The summed E-state index contributed by atoms with van der Waals surface area (Å²) in [5.74, 6) is -0.970. The van der Waals surface area contributed by atoms with Gasteiger partial charge in [0.1, 0.15) is 0 Å². The van der Waals surface area contributed by atoms with Crippen LogP contribution in [0.2, 0.25) is 0 Å². The normalized spacial score (nSPS) is 26.5. The molecule has 2 heterocycles. The first-order valence-electron chi connectivity index (χ1n) is 4.99. The zero-order valence-corrected chi connectivity index (χ0v) is 8.55. The molecule has 6 nitrogen and oxygen atoms in total. The number of carboxylic acid groups (broad SMARTS) is 1. The van der Waals surface area contributed by atoms with Crippen LogP contribution in [-0.4, -0.2) is 32.6 Å². The molecule has 0 radical (unpaired) electrons. The SMILES string of the molecule is Cn1nncc1C1CC(C(=O)O)CCN1. The average molecular weight is 210 g/mol. The van der Waals surface area contributed by atoms with Gasteiger partial charge < -0.3 is 10.4 Å². The summed E-state index contributed by atoms with van der Waals surface area (Å²) in [5, 5.41) is 19.9. The Morgan fingerprint density at radius 3 is 3.13 bits per heavy atom. The molecule has 2 atom stereocenters. The summed E-state index contributed by atoms with van der Waals surface area (Å²) in [6, 6.07) is 0.0554. The molecule has 1 aliphatic heterocycles. The number of nitrogens with zero attached hydrogens (tertiary/aromatic N) is 3. The third-order valence-electron chi connectivity index (χ3n) is 2.86. The van der Waals surface area contributed by atoms with Gasteiger partial charge in [-0.05, 0) is 19.4 Å². The van der Waals surface area contributed by atoms with Crippen LogP contribution < -0.4 is 5.32 Å². The van der Waals surface area contributed by atoms with Crippen molar-refractivity contribution in [3.63, 3.8) is 0 Å². The summed E-state index contributed by atoms with van der Waals surface area (Å²) in [6.45, 7) is 0.729. The predicted molar refractivity (Wildman–Crippen MR) is 52.1 cm³/mol. The van der Waals surface area contributed by atoms with Crippen LogP contribution in [0, 0.1) is 5.92 Å². The van der Waals surface area contributed by atoms with E-state index in [4.69, 9.17) is 5.11 Å². The van der Waals surface area contributed by atoms with Crippen LogP contribution in [0.5, 0.6) is 0 Å². The molecule has 6 heteroatoms. The minimum absolute atomic E-state index is 0.0554. The van der Waals surface area contributed by atoms with Gasteiger partial charge in [0, 0.05) is 7.05 Å². The van der Waals surface area contributed by atoms with Crippen molar-refractivity contribution in [2.45, 2.75) is 18.9 Å². The van der Waals surface area contributed by atoms with E-state index < -0.39 is 5.97 Å². The van der Waals surface area contributed by atoms with E-state index in [0.29, 0.717) is 12.8 Å². The van der Waals surface area contributed by atoms with Gasteiger partial charge in [0.15, 0.2) is 0 Å². The zero-order chi connectivity index (χ0) is 10.8. The smallest absolute Gasteiger partial charge is 0.306 e. The number of rotatable bonds is 2. The highest BCUT2D eigenvalue weighted by molar-refractivity contribution is 5.70. The molecule has 15 heavy (non-hydrogen) atoms. The monoisotopic (exact) mass is 210 g/mol. The van der Waals surface area contributed by atoms with Gasteiger partial charge in [-0.25, -0.2) is 0 Å². The highest BCUT2D eigenvalue weighted by Crippen LogP contribution is 2.26. The Labute approximate surface area is 87.3 Å². The maximum atomic E-state index is 10.9. The van der Waals surface area contributed by atoms with Crippen LogP contribution in [-0.2, 0) is 11.8 Å². The van der Waals surface area contributed by atoms with Crippen LogP contribution >= 0.6 is 0 Å². The summed E-state index contributed by atoms with van der Waals surface area (Å²) < 4.78 is 1.68. The summed E-state index contributed by atoms with van der Waals surface area (Å²) in [6.07, 6.45) is 2.98. The van der Waals surface area contributed by atoms with Gasteiger partial charge in [-0.3, -0.25) is 9.48 Å². The minimum Gasteiger partial charge on any atom is -0.481 e. The highest BCUT2D eigenvalue weighted by Gasteiger charge is 2.28. The quantitative estimate of drug-likeness (QED) is 0.714. The van der Waals surface area contributed by atoms with E-state index in [-0.39, 0.29) is 12.0 Å². The van der Waals surface area contributed by atoms with Gasteiger partial charge in [0.05, 0.1) is 23.9 Å². The molecule has 1 aromatic rings. The fraction of sp³-hybridized carbons (Fsp3) is 0.667. The van der Waals surface area contributed by atoms with Crippen LogP contribution in [0.15, 0.2) is 6.20 Å². The number of hydrogen-bond donors (Lipinski definition) is 2. The number of carbonyl (C=O) groups is 1. The first kappa shape index (κ1) is 10.1. The summed E-state index contributed by atoms with van der Waals surface area (Å²) in [7, 11) is 1.81. The summed E-state index contributed by atoms with van der Waals surface area (Å²) >= 11 is 0. The number of nitrogens with one attached hydrogen (secondary N) is 1. The van der Waals surface area contributed by atoms with Crippen molar-refractivity contribution in [1.82, 2.24) is 20.3 Å². The molecule has 0 bridgehead atoms. The van der Waals surface area contributed by atoms with Crippen molar-refractivity contribution >= 4 is 5.97 Å². The number of aromatic nitrogens is 3. The van der Waals surface area contributed by atoms with Crippen molar-refractivity contribution in [1.29, 1.82) is 0 Å². The summed E-state index contributed by atoms with van der Waals surface area (Å²) in [4.78, 5) is 10.9. The van der Waals surface area contributed by atoms with E-state index in [9.17, 15) is 4.79 Å². The number of aryl methyl sites for hydroxylation is 1. The number of aliphatic carboxylic acids is 1. The molecule has 0 spiro atoms. The molecule has 82 valence electrons. The molecular formula is C9H14N4O2. The van der Waals surface area contributed by atoms with Gasteiger partial charge in [0.2, 0.25) is 0 Å². The van der Waals surface area contributed by atoms with Gasteiger partial charge in [0.25, 0.3) is 0 Å². The molecule has 2 unspecified atom stereocenters. The molecule has 0 aromatic carbocycles. The van der Waals surface area contributed by atoms with Crippen LogP contribution in [0.25, 0.3) is 0 Å². The number of piperidine rings is 1. The predicted octanol–water partition coefficient (Wildman–Crippen LogP) is -0.0596. The van der Waals surface area contributed by atoms with Crippen LogP contribution in [0.3, 0.4) is 0 Å². The molecular weight excluding hydrogens is 196 g/mol. The maximum absolute atomic E-state index is 10.9. The second-order valence-corrected chi connectivity index (χ2v) is 3.85. The van der Waals surface area contributed by atoms with E-state index in [1.807, 2.05) is 7.05 Å². The van der Waals surface area contributed by atoms with E-state index in [1.165, 1.54) is 0 Å². The first-order valence-corrected chi connectivity index (χ1v) is 4.99. The van der Waals surface area contributed by atoms with Crippen molar-refractivity contribution in [2.75, 3.05) is 6.54 Å². The fourth-order valence-electron chi connectivity index (χ4n) is 1.98. The molecule has 0 saturated carbocycles. The van der Waals surface area contributed by atoms with Crippen molar-refractivity contribution in [2.24, 2.45) is 13.0 Å². The maximum Gasteiger partial charge on any atom is 0.306 e. The van der Waals surface area contributed by atoms with Crippen LogP contribution in [0.1, 0.15) is 24.6 Å². The van der Waals surface area contributed by atoms with Gasteiger partial charge >= 0.3 is 5.97 Å². The lowest BCUT2D eigenvalue weighted by molar-refractivity contribution is -0.143. The molecule has 2 rings (SSSR count). The van der Waals surface area contributed by atoms with E-state index >= 15 is 0 Å². The Morgan fingerprint density at radius 1 is 1.73 bits per heavy atom. The third kappa shape index (κ3) is 1.99. The zero-order valence-electron chi connectivity index (χ0n) is 8.55.